The maximum atomic E-state index is 13.1. The number of rotatable bonds is 5. The molecule has 0 saturated carbocycles. The fraction of sp³-hybridized carbons (Fsp3) is 0.217. The number of aromatic hydroxyl groups is 1. The molecule has 1 fully saturated rings. The number of piperazine rings is 1. The number of amides is 2. The van der Waals surface area contributed by atoms with Crippen LogP contribution < -0.4 is 16.2 Å². The van der Waals surface area contributed by atoms with Gasteiger partial charge in [0.2, 0.25) is 5.75 Å². The van der Waals surface area contributed by atoms with E-state index in [1.54, 1.807) is 29.2 Å². The van der Waals surface area contributed by atoms with Crippen LogP contribution in [-0.4, -0.2) is 51.4 Å². The molecule has 0 bridgehead atoms. The van der Waals surface area contributed by atoms with Gasteiger partial charge in [-0.15, -0.1) is 0 Å². The third-order valence-electron chi connectivity index (χ3n) is 5.34. The van der Waals surface area contributed by atoms with Crippen molar-refractivity contribution in [1.29, 1.82) is 0 Å². The van der Waals surface area contributed by atoms with Crippen molar-refractivity contribution >= 4 is 11.8 Å². The standard InChI is InChI=1S/C23H22FN5O4/c24-16-8-6-14(7-9-16)12-26-21(31)18-19(30)22(32)28-20(27-18)17-13-25-10-11-29(17)23(33)15-4-2-1-3-5-15/h1-9,17,25,30H,10-13H2,(H,26,31)(H,27,28,32). The Balaban J connectivity index is 1.59. The SMILES string of the molecule is O=C(NCc1ccc(F)cc1)c1nc(C2CNCCN2C(=O)c2ccccc2)[nH]c(=O)c1O. The fourth-order valence-corrected chi connectivity index (χ4v) is 3.61. The van der Waals surface area contributed by atoms with E-state index in [2.05, 4.69) is 20.6 Å². The summed E-state index contributed by atoms with van der Waals surface area (Å²) in [5, 5.41) is 15.9. The Kier molecular flexibility index (Phi) is 6.45. The Labute approximate surface area is 188 Å². The average Bonchev–Trinajstić information content (AvgIpc) is 2.85. The summed E-state index contributed by atoms with van der Waals surface area (Å²) in [5.41, 5.74) is -0.216. The molecule has 9 nitrogen and oxygen atoms in total. The van der Waals surface area contributed by atoms with E-state index >= 15 is 0 Å². The second kappa shape index (κ2) is 9.61. The minimum Gasteiger partial charge on any atom is -0.501 e. The van der Waals surface area contributed by atoms with Gasteiger partial charge in [0, 0.05) is 31.7 Å². The predicted molar refractivity (Wildman–Crippen MR) is 117 cm³/mol. The van der Waals surface area contributed by atoms with Gasteiger partial charge in [0.05, 0.1) is 0 Å². The number of carbonyl (C=O) groups excluding carboxylic acids is 2. The number of hydrogen-bond acceptors (Lipinski definition) is 6. The number of nitrogens with one attached hydrogen (secondary N) is 3. The summed E-state index contributed by atoms with van der Waals surface area (Å²) in [6, 6.07) is 13.6. The topological polar surface area (TPSA) is 127 Å². The van der Waals surface area contributed by atoms with Crippen molar-refractivity contribution in [3.63, 3.8) is 0 Å². The molecule has 1 saturated heterocycles. The molecule has 2 aromatic carbocycles. The minimum atomic E-state index is -0.885. The highest BCUT2D eigenvalue weighted by atomic mass is 19.1. The molecule has 1 aliphatic heterocycles. The van der Waals surface area contributed by atoms with Gasteiger partial charge >= 0.3 is 0 Å². The summed E-state index contributed by atoms with van der Waals surface area (Å²) in [7, 11) is 0. The largest absolute Gasteiger partial charge is 0.501 e. The van der Waals surface area contributed by atoms with Crippen molar-refractivity contribution in [1.82, 2.24) is 25.5 Å². The Morgan fingerprint density at radius 1 is 1.15 bits per heavy atom. The number of halogens is 1. The number of benzene rings is 2. The van der Waals surface area contributed by atoms with Gasteiger partial charge in [-0.25, -0.2) is 9.37 Å². The van der Waals surface area contributed by atoms with Gasteiger partial charge < -0.3 is 25.6 Å². The van der Waals surface area contributed by atoms with Crippen molar-refractivity contribution < 1.29 is 19.1 Å². The zero-order chi connectivity index (χ0) is 23.4. The lowest BCUT2D eigenvalue weighted by atomic mass is 10.1. The first-order valence-electron chi connectivity index (χ1n) is 10.4. The molecule has 0 aliphatic carbocycles. The lowest BCUT2D eigenvalue weighted by molar-refractivity contribution is 0.0623. The molecule has 1 aromatic heterocycles. The Morgan fingerprint density at radius 2 is 1.88 bits per heavy atom. The summed E-state index contributed by atoms with van der Waals surface area (Å²) in [5.74, 6) is -2.14. The van der Waals surface area contributed by atoms with E-state index in [0.717, 1.165) is 0 Å². The van der Waals surface area contributed by atoms with Gasteiger partial charge in [-0.1, -0.05) is 30.3 Å². The van der Waals surface area contributed by atoms with E-state index in [1.165, 1.54) is 24.3 Å². The Morgan fingerprint density at radius 3 is 2.61 bits per heavy atom. The normalized spacial score (nSPS) is 15.8. The third-order valence-corrected chi connectivity index (χ3v) is 5.34. The first-order chi connectivity index (χ1) is 15.9. The summed E-state index contributed by atoms with van der Waals surface area (Å²) in [4.78, 5) is 46.4. The highest BCUT2D eigenvalue weighted by Crippen LogP contribution is 2.22. The number of hydrogen-bond donors (Lipinski definition) is 4. The number of nitrogens with zero attached hydrogens (tertiary/aromatic N) is 2. The third kappa shape index (κ3) is 4.90. The van der Waals surface area contributed by atoms with Crippen molar-refractivity contribution in [3.8, 4) is 5.75 Å². The summed E-state index contributed by atoms with van der Waals surface area (Å²) < 4.78 is 13.1. The van der Waals surface area contributed by atoms with Crippen LogP contribution in [0, 0.1) is 5.82 Å². The van der Waals surface area contributed by atoms with Crippen LogP contribution in [0.25, 0.3) is 0 Å². The van der Waals surface area contributed by atoms with Crippen molar-refractivity contribution in [2.24, 2.45) is 0 Å². The molecule has 4 rings (SSSR count). The van der Waals surface area contributed by atoms with E-state index in [-0.39, 0.29) is 18.3 Å². The van der Waals surface area contributed by atoms with Gasteiger partial charge in [0.1, 0.15) is 17.7 Å². The van der Waals surface area contributed by atoms with Crippen LogP contribution in [0.1, 0.15) is 38.3 Å². The van der Waals surface area contributed by atoms with E-state index in [4.69, 9.17) is 0 Å². The number of H-pyrrole nitrogens is 1. The molecule has 0 radical (unpaired) electrons. The highest BCUT2D eigenvalue weighted by molar-refractivity contribution is 5.95. The van der Waals surface area contributed by atoms with Crippen LogP contribution in [0.15, 0.2) is 59.4 Å². The molecular formula is C23H22FN5O4. The monoisotopic (exact) mass is 451 g/mol. The minimum absolute atomic E-state index is 0.0476. The molecule has 0 spiro atoms. The van der Waals surface area contributed by atoms with Gasteiger partial charge in [0.15, 0.2) is 5.69 Å². The maximum absolute atomic E-state index is 13.1. The van der Waals surface area contributed by atoms with Crippen LogP contribution in [-0.2, 0) is 6.54 Å². The summed E-state index contributed by atoms with van der Waals surface area (Å²) in [6.07, 6.45) is 0. The maximum Gasteiger partial charge on any atom is 0.294 e. The van der Waals surface area contributed by atoms with Gasteiger partial charge in [-0.2, -0.15) is 0 Å². The van der Waals surface area contributed by atoms with E-state index < -0.39 is 34.8 Å². The van der Waals surface area contributed by atoms with Crippen molar-refractivity contribution in [2.45, 2.75) is 12.6 Å². The number of carbonyl (C=O) groups is 2. The van der Waals surface area contributed by atoms with Crippen LogP contribution in [0.5, 0.6) is 5.75 Å². The van der Waals surface area contributed by atoms with Crippen molar-refractivity contribution in [3.05, 3.63) is 93.4 Å². The summed E-state index contributed by atoms with van der Waals surface area (Å²) in [6.45, 7) is 1.28. The summed E-state index contributed by atoms with van der Waals surface area (Å²) >= 11 is 0. The molecule has 1 atom stereocenters. The molecule has 10 heteroatoms. The number of aromatic nitrogens is 2. The lowest BCUT2D eigenvalue weighted by Gasteiger charge is -2.35. The molecule has 2 amide bonds. The average molecular weight is 451 g/mol. The van der Waals surface area contributed by atoms with Crippen LogP contribution in [0.4, 0.5) is 4.39 Å². The lowest BCUT2D eigenvalue weighted by Crippen LogP contribution is -2.49. The Bertz CT molecular complexity index is 1210. The highest BCUT2D eigenvalue weighted by Gasteiger charge is 2.32. The first-order valence-corrected chi connectivity index (χ1v) is 10.4. The van der Waals surface area contributed by atoms with Crippen LogP contribution in [0.3, 0.4) is 0 Å². The second-order valence-electron chi connectivity index (χ2n) is 7.54. The quantitative estimate of drug-likeness (QED) is 0.464. The molecule has 1 unspecified atom stereocenters. The van der Waals surface area contributed by atoms with E-state index in [1.807, 2.05) is 6.07 Å². The van der Waals surface area contributed by atoms with Crippen LogP contribution >= 0.6 is 0 Å². The van der Waals surface area contributed by atoms with Crippen LogP contribution in [0.2, 0.25) is 0 Å². The molecule has 2 heterocycles. The van der Waals surface area contributed by atoms with E-state index in [9.17, 15) is 23.9 Å². The van der Waals surface area contributed by atoms with E-state index in [0.29, 0.717) is 30.8 Å². The zero-order valence-electron chi connectivity index (χ0n) is 17.5. The zero-order valence-corrected chi connectivity index (χ0v) is 17.5. The molecular weight excluding hydrogens is 429 g/mol. The fourth-order valence-electron chi connectivity index (χ4n) is 3.61. The smallest absolute Gasteiger partial charge is 0.294 e. The molecule has 3 aromatic rings. The molecule has 170 valence electrons. The molecule has 33 heavy (non-hydrogen) atoms. The first kappa shape index (κ1) is 22.2. The number of aromatic amines is 1. The van der Waals surface area contributed by atoms with Gasteiger partial charge in [-0.05, 0) is 29.8 Å². The van der Waals surface area contributed by atoms with Crippen molar-refractivity contribution in [2.75, 3.05) is 19.6 Å². The second-order valence-corrected chi connectivity index (χ2v) is 7.54. The molecule has 4 N–H and O–H groups in total. The Hall–Kier alpha value is -4.05. The molecule has 1 aliphatic rings. The van der Waals surface area contributed by atoms with Gasteiger partial charge in [0.25, 0.3) is 17.4 Å². The van der Waals surface area contributed by atoms with Gasteiger partial charge in [-0.3, -0.25) is 14.4 Å². The predicted octanol–water partition coefficient (Wildman–Crippen LogP) is 1.33.